The third-order valence-electron chi connectivity index (χ3n) is 1.77. The van der Waals surface area contributed by atoms with Crippen LogP contribution in [0.4, 0.5) is 0 Å². The van der Waals surface area contributed by atoms with Gasteiger partial charge in [0.05, 0.1) is 6.54 Å². The summed E-state index contributed by atoms with van der Waals surface area (Å²) in [6.45, 7) is 2.81. The van der Waals surface area contributed by atoms with Crippen molar-refractivity contribution in [1.29, 1.82) is 0 Å². The van der Waals surface area contributed by atoms with Gasteiger partial charge in [-0.3, -0.25) is 0 Å². The van der Waals surface area contributed by atoms with Gasteiger partial charge in [0.2, 0.25) is 0 Å². The predicted molar refractivity (Wildman–Crippen MR) is 53.7 cm³/mol. The predicted octanol–water partition coefficient (Wildman–Crippen LogP) is 1.58. The Bertz CT molecular complexity index is 228. The van der Waals surface area contributed by atoms with Gasteiger partial charge in [-0.05, 0) is 19.4 Å². The molecule has 0 aliphatic rings. The molecule has 72 valence electrons. The van der Waals surface area contributed by atoms with E-state index in [0.29, 0.717) is 18.5 Å². The lowest BCUT2D eigenvalue weighted by Crippen LogP contribution is -2.26. The highest BCUT2D eigenvalue weighted by Gasteiger charge is 2.00. The van der Waals surface area contributed by atoms with E-state index in [1.807, 2.05) is 6.07 Å². The van der Waals surface area contributed by atoms with Crippen LogP contribution in [0, 0.1) is 0 Å². The molecular weight excluding hydrogens is 186 g/mol. The maximum atomic E-state index is 5.61. The van der Waals surface area contributed by atoms with Crippen LogP contribution in [0.25, 0.3) is 0 Å². The molecule has 1 unspecified atom stereocenters. The fourth-order valence-electron chi connectivity index (χ4n) is 0.952. The van der Waals surface area contributed by atoms with E-state index >= 15 is 0 Å². The quantitative estimate of drug-likeness (QED) is 0.732. The van der Waals surface area contributed by atoms with Crippen LogP contribution in [0.1, 0.15) is 19.2 Å². The standard InChI is InChI=1S/C9H14ClN3/c1-8(3-4-10)13-7-9-11-5-2-6-12-9/h2,5-6,8,13H,3-4,7H2,1H3. The minimum absolute atomic E-state index is 0.418. The van der Waals surface area contributed by atoms with Gasteiger partial charge < -0.3 is 5.32 Å². The lowest BCUT2D eigenvalue weighted by atomic mass is 10.2. The van der Waals surface area contributed by atoms with Crippen molar-refractivity contribution in [3.63, 3.8) is 0 Å². The average molecular weight is 200 g/mol. The number of nitrogens with zero attached hydrogens (tertiary/aromatic N) is 2. The second-order valence-electron chi connectivity index (χ2n) is 2.92. The third kappa shape index (κ3) is 4.20. The molecule has 0 aliphatic carbocycles. The van der Waals surface area contributed by atoms with Gasteiger partial charge in [0, 0.05) is 24.3 Å². The normalized spacial score (nSPS) is 12.8. The molecule has 0 saturated carbocycles. The van der Waals surface area contributed by atoms with Crippen molar-refractivity contribution in [3.8, 4) is 0 Å². The monoisotopic (exact) mass is 199 g/mol. The van der Waals surface area contributed by atoms with Gasteiger partial charge in [0.1, 0.15) is 5.82 Å². The van der Waals surface area contributed by atoms with E-state index in [9.17, 15) is 0 Å². The lowest BCUT2D eigenvalue weighted by Gasteiger charge is -2.10. The average Bonchev–Trinajstić information content (AvgIpc) is 2.17. The SMILES string of the molecule is CC(CCCl)NCc1ncccn1. The summed E-state index contributed by atoms with van der Waals surface area (Å²) >= 11 is 5.61. The maximum Gasteiger partial charge on any atom is 0.141 e. The van der Waals surface area contributed by atoms with Crippen molar-refractivity contribution in [3.05, 3.63) is 24.3 Å². The molecule has 0 spiro atoms. The van der Waals surface area contributed by atoms with Crippen molar-refractivity contribution in [1.82, 2.24) is 15.3 Å². The van der Waals surface area contributed by atoms with E-state index in [1.54, 1.807) is 12.4 Å². The molecule has 13 heavy (non-hydrogen) atoms. The van der Waals surface area contributed by atoms with Crippen LogP contribution in [-0.2, 0) is 6.54 Å². The molecule has 1 rings (SSSR count). The molecule has 1 atom stereocenters. The van der Waals surface area contributed by atoms with Crippen LogP contribution in [0.5, 0.6) is 0 Å². The highest BCUT2D eigenvalue weighted by Crippen LogP contribution is 1.94. The lowest BCUT2D eigenvalue weighted by molar-refractivity contribution is 0.525. The maximum absolute atomic E-state index is 5.61. The number of halogens is 1. The largest absolute Gasteiger partial charge is 0.307 e. The molecule has 4 heteroatoms. The van der Waals surface area contributed by atoms with Gasteiger partial charge in [-0.2, -0.15) is 0 Å². The minimum Gasteiger partial charge on any atom is -0.307 e. The highest BCUT2D eigenvalue weighted by atomic mass is 35.5. The third-order valence-corrected chi connectivity index (χ3v) is 1.99. The molecule has 0 radical (unpaired) electrons. The Morgan fingerprint density at radius 2 is 2.15 bits per heavy atom. The summed E-state index contributed by atoms with van der Waals surface area (Å²) in [5.41, 5.74) is 0. The van der Waals surface area contributed by atoms with E-state index in [0.717, 1.165) is 12.2 Å². The van der Waals surface area contributed by atoms with E-state index in [4.69, 9.17) is 11.6 Å². The summed E-state index contributed by atoms with van der Waals surface area (Å²) in [6, 6.07) is 2.23. The zero-order valence-corrected chi connectivity index (χ0v) is 8.46. The minimum atomic E-state index is 0.418. The molecule has 0 aliphatic heterocycles. The Morgan fingerprint density at radius 3 is 2.77 bits per heavy atom. The Hall–Kier alpha value is -0.670. The molecular formula is C9H14ClN3. The van der Waals surface area contributed by atoms with Gasteiger partial charge in [-0.25, -0.2) is 9.97 Å². The first-order valence-electron chi connectivity index (χ1n) is 4.38. The smallest absolute Gasteiger partial charge is 0.141 e. The van der Waals surface area contributed by atoms with Gasteiger partial charge in [-0.15, -0.1) is 11.6 Å². The number of aromatic nitrogens is 2. The summed E-state index contributed by atoms with van der Waals surface area (Å²) in [5.74, 6) is 1.51. The fourth-order valence-corrected chi connectivity index (χ4v) is 1.28. The molecule has 1 heterocycles. The molecule has 1 N–H and O–H groups in total. The first kappa shape index (κ1) is 10.4. The Labute approximate surface area is 83.5 Å². The highest BCUT2D eigenvalue weighted by molar-refractivity contribution is 6.17. The summed E-state index contributed by atoms with van der Waals surface area (Å²) in [7, 11) is 0. The number of nitrogens with one attached hydrogen (secondary N) is 1. The number of rotatable bonds is 5. The number of hydrogen-bond donors (Lipinski definition) is 1. The number of alkyl halides is 1. The molecule has 0 fully saturated rings. The first-order chi connectivity index (χ1) is 6.33. The molecule has 0 amide bonds. The van der Waals surface area contributed by atoms with Crippen LogP contribution in [0.3, 0.4) is 0 Å². The zero-order chi connectivity index (χ0) is 9.52. The Balaban J connectivity index is 2.27. The van der Waals surface area contributed by atoms with Gasteiger partial charge in [0.25, 0.3) is 0 Å². The second kappa shape index (κ2) is 5.89. The van der Waals surface area contributed by atoms with Crippen molar-refractivity contribution >= 4 is 11.6 Å². The van der Waals surface area contributed by atoms with Crippen molar-refractivity contribution in [2.24, 2.45) is 0 Å². The topological polar surface area (TPSA) is 37.8 Å². The summed E-state index contributed by atoms with van der Waals surface area (Å²) < 4.78 is 0. The van der Waals surface area contributed by atoms with Crippen LogP contribution in [0.15, 0.2) is 18.5 Å². The molecule has 3 nitrogen and oxygen atoms in total. The van der Waals surface area contributed by atoms with Crippen LogP contribution in [-0.4, -0.2) is 21.9 Å². The summed E-state index contributed by atoms with van der Waals surface area (Å²) in [5, 5.41) is 3.29. The molecule has 0 saturated heterocycles. The zero-order valence-electron chi connectivity index (χ0n) is 7.70. The fraction of sp³-hybridized carbons (Fsp3) is 0.556. The number of hydrogen-bond acceptors (Lipinski definition) is 3. The van der Waals surface area contributed by atoms with Crippen LogP contribution < -0.4 is 5.32 Å². The van der Waals surface area contributed by atoms with E-state index in [2.05, 4.69) is 22.2 Å². The van der Waals surface area contributed by atoms with Gasteiger partial charge in [0.15, 0.2) is 0 Å². The molecule has 1 aromatic heterocycles. The van der Waals surface area contributed by atoms with Crippen molar-refractivity contribution in [2.75, 3.05) is 5.88 Å². The van der Waals surface area contributed by atoms with Crippen molar-refractivity contribution < 1.29 is 0 Å². The second-order valence-corrected chi connectivity index (χ2v) is 3.30. The molecule has 0 bridgehead atoms. The molecule has 1 aromatic rings. The molecule has 0 aromatic carbocycles. The van der Waals surface area contributed by atoms with Gasteiger partial charge >= 0.3 is 0 Å². The summed E-state index contributed by atoms with van der Waals surface area (Å²) in [6.07, 6.45) is 4.46. The van der Waals surface area contributed by atoms with E-state index < -0.39 is 0 Å². The van der Waals surface area contributed by atoms with Crippen LogP contribution in [0.2, 0.25) is 0 Å². The summed E-state index contributed by atoms with van der Waals surface area (Å²) in [4.78, 5) is 8.21. The first-order valence-corrected chi connectivity index (χ1v) is 4.91. The van der Waals surface area contributed by atoms with Gasteiger partial charge in [-0.1, -0.05) is 0 Å². The van der Waals surface area contributed by atoms with E-state index in [1.165, 1.54) is 0 Å². The van der Waals surface area contributed by atoms with Crippen LogP contribution >= 0.6 is 11.6 Å². The van der Waals surface area contributed by atoms with Crippen molar-refractivity contribution in [2.45, 2.75) is 25.9 Å². The van der Waals surface area contributed by atoms with E-state index in [-0.39, 0.29) is 0 Å². The Kier molecular flexibility index (Phi) is 4.72. The Morgan fingerprint density at radius 1 is 1.46 bits per heavy atom.